The van der Waals surface area contributed by atoms with Crippen molar-refractivity contribution in [3.05, 3.63) is 0 Å². The molecule has 1 amide bonds. The number of aliphatic hydroxyl groups is 2. The smallest absolute Gasteiger partial charge is 0.268 e. The molecule has 0 radical (unpaired) electrons. The zero-order chi connectivity index (χ0) is 15.3. The summed E-state index contributed by atoms with van der Waals surface area (Å²) in [4.78, 5) is 14.7. The summed E-state index contributed by atoms with van der Waals surface area (Å²) in [6, 6.07) is 1.84. The molecule has 1 aliphatic heterocycles. The molecule has 20 heavy (non-hydrogen) atoms. The molecule has 0 saturated carbocycles. The van der Waals surface area contributed by atoms with E-state index in [2.05, 4.69) is 4.99 Å². The van der Waals surface area contributed by atoms with Gasteiger partial charge in [0.15, 0.2) is 6.23 Å². The Kier molecular flexibility index (Phi) is 5.12. The lowest BCUT2D eigenvalue weighted by molar-refractivity contribution is -0.113. The van der Waals surface area contributed by atoms with Crippen molar-refractivity contribution in [1.82, 2.24) is 10.8 Å². The summed E-state index contributed by atoms with van der Waals surface area (Å²) >= 11 is 0. The first-order valence-electron chi connectivity index (χ1n) is 5.58. The molecule has 1 fully saturated rings. The molecule has 6 N–H and O–H groups in total. The Bertz CT molecular complexity index is 461. The second-order valence-corrected chi connectivity index (χ2v) is 4.27. The van der Waals surface area contributed by atoms with E-state index >= 15 is 0 Å². The van der Waals surface area contributed by atoms with Gasteiger partial charge in [-0.25, -0.2) is 10.5 Å². The molecule has 0 aliphatic carbocycles. The van der Waals surface area contributed by atoms with Gasteiger partial charge in [0.2, 0.25) is 5.96 Å². The third-order valence-corrected chi connectivity index (χ3v) is 2.93. The lowest BCUT2D eigenvalue weighted by atomic mass is 9.84. The fourth-order valence-electron chi connectivity index (χ4n) is 1.70. The lowest BCUT2D eigenvalue weighted by Crippen LogP contribution is -2.43. The predicted octanol–water partition coefficient (Wildman–Crippen LogP) is -2.31. The highest BCUT2D eigenvalue weighted by Crippen LogP contribution is 2.38. The molecule has 1 rings (SSSR count). The van der Waals surface area contributed by atoms with Crippen LogP contribution < -0.4 is 10.8 Å². The normalized spacial score (nSPS) is 33.4. The first-order valence-corrected chi connectivity index (χ1v) is 5.58. The molecule has 0 aromatic heterocycles. The van der Waals surface area contributed by atoms with E-state index in [1.807, 2.05) is 11.4 Å². The minimum Gasteiger partial charge on any atom is -0.394 e. The van der Waals surface area contributed by atoms with Gasteiger partial charge in [-0.3, -0.25) is 15.3 Å². The summed E-state index contributed by atoms with van der Waals surface area (Å²) in [6.07, 6.45) is -3.06. The summed E-state index contributed by atoms with van der Waals surface area (Å²) in [6.45, 7) is 0.855. The molecule has 0 bridgehead atoms. The fourth-order valence-corrected chi connectivity index (χ4v) is 1.70. The van der Waals surface area contributed by atoms with Gasteiger partial charge in [0.1, 0.15) is 17.6 Å². The van der Waals surface area contributed by atoms with Gasteiger partial charge in [-0.1, -0.05) is 0 Å². The third-order valence-electron chi connectivity index (χ3n) is 2.93. The van der Waals surface area contributed by atoms with Crippen molar-refractivity contribution >= 4 is 18.1 Å². The topological polar surface area (TPSA) is 171 Å². The summed E-state index contributed by atoms with van der Waals surface area (Å²) in [5, 5.41) is 45.7. The van der Waals surface area contributed by atoms with E-state index in [4.69, 9.17) is 25.7 Å². The number of rotatable bonds is 3. The number of amides is 1. The number of aliphatic hydroxyl groups excluding tert-OH is 2. The van der Waals surface area contributed by atoms with Gasteiger partial charge >= 0.3 is 0 Å². The lowest BCUT2D eigenvalue weighted by Gasteiger charge is -2.22. The SMILES string of the molecule is C[C@]1(C#N)[C@H](N=C(NO)NC(=O)C=N)O[C@H](CO)[C@H]1O. The molecule has 10 nitrogen and oxygen atoms in total. The Morgan fingerprint density at radius 2 is 2.35 bits per heavy atom. The Balaban J connectivity index is 3.01. The number of nitrogens with one attached hydrogen (secondary N) is 3. The van der Waals surface area contributed by atoms with Crippen molar-refractivity contribution in [3.63, 3.8) is 0 Å². The van der Waals surface area contributed by atoms with Crippen LogP contribution >= 0.6 is 0 Å². The molecule has 1 heterocycles. The average molecular weight is 285 g/mol. The number of aliphatic imine (C=N–C) groups is 1. The van der Waals surface area contributed by atoms with Crippen molar-refractivity contribution < 1.29 is 25.0 Å². The van der Waals surface area contributed by atoms with Crippen molar-refractivity contribution in [3.8, 4) is 6.07 Å². The van der Waals surface area contributed by atoms with E-state index in [9.17, 15) is 9.90 Å². The predicted molar refractivity (Wildman–Crippen MR) is 64.8 cm³/mol. The van der Waals surface area contributed by atoms with Crippen molar-refractivity contribution in [1.29, 1.82) is 10.7 Å². The van der Waals surface area contributed by atoms with E-state index in [0.29, 0.717) is 6.21 Å². The first-order chi connectivity index (χ1) is 9.42. The van der Waals surface area contributed by atoms with Crippen molar-refractivity contribution in [2.45, 2.75) is 25.4 Å². The Labute approximate surface area is 114 Å². The van der Waals surface area contributed by atoms with E-state index < -0.39 is 42.3 Å². The van der Waals surface area contributed by atoms with Crippen LogP contribution in [0.2, 0.25) is 0 Å². The number of hydrogen-bond donors (Lipinski definition) is 6. The zero-order valence-electron chi connectivity index (χ0n) is 10.6. The van der Waals surface area contributed by atoms with Crippen LogP contribution in [0.1, 0.15) is 6.92 Å². The average Bonchev–Trinajstić information content (AvgIpc) is 2.71. The van der Waals surface area contributed by atoms with Crippen LogP contribution in [0.3, 0.4) is 0 Å². The number of ether oxygens (including phenoxy) is 1. The second kappa shape index (κ2) is 6.40. The van der Waals surface area contributed by atoms with E-state index in [1.165, 1.54) is 6.92 Å². The monoisotopic (exact) mass is 285 g/mol. The van der Waals surface area contributed by atoms with Crippen LogP contribution in [0.15, 0.2) is 4.99 Å². The highest BCUT2D eigenvalue weighted by molar-refractivity contribution is 6.28. The quantitative estimate of drug-likeness (QED) is 0.192. The maximum atomic E-state index is 11.0. The van der Waals surface area contributed by atoms with Crippen LogP contribution in [-0.4, -0.2) is 58.5 Å². The largest absolute Gasteiger partial charge is 0.394 e. The van der Waals surface area contributed by atoms with Gasteiger partial charge in [0, 0.05) is 0 Å². The molecule has 0 aromatic carbocycles. The summed E-state index contributed by atoms with van der Waals surface area (Å²) < 4.78 is 5.21. The molecule has 0 spiro atoms. The molecular formula is C10H15N5O5. The molecule has 0 aromatic rings. The van der Waals surface area contributed by atoms with Crippen LogP contribution in [0.25, 0.3) is 0 Å². The molecular weight excluding hydrogens is 270 g/mol. The third kappa shape index (κ3) is 2.91. The maximum absolute atomic E-state index is 11.0. The van der Waals surface area contributed by atoms with Crippen LogP contribution in [0, 0.1) is 22.2 Å². The number of hydroxylamine groups is 1. The van der Waals surface area contributed by atoms with Crippen LogP contribution in [0.5, 0.6) is 0 Å². The summed E-state index contributed by atoms with van der Waals surface area (Å²) in [5.41, 5.74) is 0.118. The molecule has 110 valence electrons. The van der Waals surface area contributed by atoms with Crippen LogP contribution in [0.4, 0.5) is 0 Å². The maximum Gasteiger partial charge on any atom is 0.268 e. The Morgan fingerprint density at radius 3 is 2.80 bits per heavy atom. The first kappa shape index (κ1) is 16.0. The highest BCUT2D eigenvalue weighted by atomic mass is 16.5. The van der Waals surface area contributed by atoms with Gasteiger partial charge in [-0.2, -0.15) is 5.26 Å². The molecule has 4 atom stereocenters. The van der Waals surface area contributed by atoms with Crippen molar-refractivity contribution in [2.75, 3.05) is 6.61 Å². The van der Waals surface area contributed by atoms with Gasteiger partial charge in [-0.05, 0) is 6.92 Å². The minimum atomic E-state index is -1.47. The van der Waals surface area contributed by atoms with E-state index in [1.54, 1.807) is 5.48 Å². The highest BCUT2D eigenvalue weighted by Gasteiger charge is 2.54. The standard InChI is InChI=1S/C10H15N5O5/c1-10(4-12)7(18)5(3-16)20-8(10)14-9(15-19)13-6(17)2-11/h2,5,7-8,11,16,18-19H,3H2,1H3,(H2,13,14,15,17)/t5-,7-,8-,10-/m1/s1. The summed E-state index contributed by atoms with van der Waals surface area (Å²) in [7, 11) is 0. The molecule has 0 unspecified atom stereocenters. The van der Waals surface area contributed by atoms with E-state index in [0.717, 1.165) is 0 Å². The molecule has 10 heteroatoms. The fraction of sp³-hybridized carbons (Fsp3) is 0.600. The Hall–Kier alpha value is -2.06. The number of carbonyl (C=O) groups is 1. The molecule has 1 aliphatic rings. The van der Waals surface area contributed by atoms with Crippen molar-refractivity contribution in [2.24, 2.45) is 10.4 Å². The van der Waals surface area contributed by atoms with Gasteiger partial charge in [-0.15, -0.1) is 0 Å². The summed E-state index contributed by atoms with van der Waals surface area (Å²) in [5.74, 6) is -1.31. The van der Waals surface area contributed by atoms with Crippen LogP contribution in [-0.2, 0) is 9.53 Å². The Morgan fingerprint density at radius 1 is 1.70 bits per heavy atom. The number of carbonyl (C=O) groups excluding carboxylic acids is 1. The second-order valence-electron chi connectivity index (χ2n) is 4.27. The van der Waals surface area contributed by atoms with Gasteiger partial charge in [0.25, 0.3) is 5.91 Å². The number of nitrogens with zero attached hydrogens (tertiary/aromatic N) is 2. The number of guanidine groups is 1. The number of hydrogen-bond acceptors (Lipinski definition) is 8. The molecule has 1 saturated heterocycles. The van der Waals surface area contributed by atoms with E-state index in [-0.39, 0.29) is 0 Å². The number of nitriles is 1. The zero-order valence-corrected chi connectivity index (χ0v) is 10.6. The minimum absolute atomic E-state index is 0.448. The van der Waals surface area contributed by atoms with Gasteiger partial charge < -0.3 is 20.4 Å². The van der Waals surface area contributed by atoms with Gasteiger partial charge in [0.05, 0.1) is 18.9 Å².